The van der Waals surface area contributed by atoms with Crippen molar-refractivity contribution in [3.8, 4) is 0 Å². The van der Waals surface area contributed by atoms with E-state index in [-0.39, 0.29) is 0 Å². The average molecular weight is 223 g/mol. The molecule has 0 aromatic carbocycles. The lowest BCUT2D eigenvalue weighted by atomic mass is 10.2. The normalized spacial score (nSPS) is 11.8. The van der Waals surface area contributed by atoms with E-state index in [9.17, 15) is 0 Å². The maximum Gasteiger partial charge on any atom is 0.0641 e. The summed E-state index contributed by atoms with van der Waals surface area (Å²) in [7, 11) is 0. The molecule has 0 saturated heterocycles. The van der Waals surface area contributed by atoms with Crippen molar-refractivity contribution >= 4 is 0 Å². The molecule has 0 radical (unpaired) electrons. The largest absolute Gasteiger partial charge is 0.310 e. The summed E-state index contributed by atoms with van der Waals surface area (Å²) in [6.07, 6.45) is 0. The third-order valence-corrected chi connectivity index (χ3v) is 2.76. The van der Waals surface area contributed by atoms with Crippen molar-refractivity contribution in [3.63, 3.8) is 0 Å². The maximum atomic E-state index is 4.60. The molecule has 1 aromatic rings. The van der Waals surface area contributed by atoms with E-state index >= 15 is 0 Å². The molecule has 3 heteroatoms. The maximum absolute atomic E-state index is 4.60. The van der Waals surface area contributed by atoms with Gasteiger partial charge in [-0.2, -0.15) is 5.10 Å². The molecule has 0 aliphatic carbocycles. The third kappa shape index (κ3) is 3.34. The summed E-state index contributed by atoms with van der Waals surface area (Å²) in [5.74, 6) is 0.643. The second-order valence-electron chi connectivity index (χ2n) is 5.26. The topological polar surface area (TPSA) is 29.9 Å². The SMILES string of the molecule is Cc1nn(CC(C)C)c(C)c1CNC(C)C. The number of hydrogen-bond acceptors (Lipinski definition) is 2. The quantitative estimate of drug-likeness (QED) is 0.831. The first-order valence-corrected chi connectivity index (χ1v) is 6.18. The van der Waals surface area contributed by atoms with Crippen molar-refractivity contribution < 1.29 is 0 Å². The highest BCUT2D eigenvalue weighted by Crippen LogP contribution is 2.14. The van der Waals surface area contributed by atoms with Crippen LogP contribution in [0.2, 0.25) is 0 Å². The highest BCUT2D eigenvalue weighted by molar-refractivity contribution is 5.24. The molecule has 1 aromatic heterocycles. The molecule has 0 amide bonds. The zero-order chi connectivity index (χ0) is 12.3. The van der Waals surface area contributed by atoms with Crippen LogP contribution in [0, 0.1) is 19.8 Å². The fourth-order valence-corrected chi connectivity index (χ4v) is 1.82. The molecule has 0 aliphatic heterocycles. The Kier molecular flexibility index (Phi) is 4.54. The molecular weight excluding hydrogens is 198 g/mol. The summed E-state index contributed by atoms with van der Waals surface area (Å²) in [6, 6.07) is 0.521. The monoisotopic (exact) mass is 223 g/mol. The summed E-state index contributed by atoms with van der Waals surface area (Å²) in [5, 5.41) is 8.06. The number of hydrogen-bond donors (Lipinski definition) is 1. The minimum absolute atomic E-state index is 0.521. The smallest absolute Gasteiger partial charge is 0.0641 e. The first-order chi connectivity index (χ1) is 7.41. The Morgan fingerprint density at radius 3 is 2.31 bits per heavy atom. The van der Waals surface area contributed by atoms with Crippen LogP contribution in [0.4, 0.5) is 0 Å². The van der Waals surface area contributed by atoms with Gasteiger partial charge in [0, 0.05) is 30.4 Å². The molecule has 0 saturated carbocycles. The molecule has 16 heavy (non-hydrogen) atoms. The number of aryl methyl sites for hydroxylation is 1. The van der Waals surface area contributed by atoms with E-state index in [2.05, 4.69) is 56.6 Å². The van der Waals surface area contributed by atoms with Crippen molar-refractivity contribution in [2.75, 3.05) is 0 Å². The van der Waals surface area contributed by atoms with Gasteiger partial charge in [-0.05, 0) is 19.8 Å². The first-order valence-electron chi connectivity index (χ1n) is 6.18. The molecule has 0 atom stereocenters. The van der Waals surface area contributed by atoms with E-state index in [1.807, 2.05) is 0 Å². The summed E-state index contributed by atoms with van der Waals surface area (Å²) >= 11 is 0. The Hall–Kier alpha value is -0.830. The van der Waals surface area contributed by atoms with Gasteiger partial charge in [0.1, 0.15) is 0 Å². The van der Waals surface area contributed by atoms with Gasteiger partial charge >= 0.3 is 0 Å². The molecule has 0 fully saturated rings. The zero-order valence-electron chi connectivity index (χ0n) is 11.5. The predicted molar refractivity (Wildman–Crippen MR) is 68.5 cm³/mol. The van der Waals surface area contributed by atoms with Crippen molar-refractivity contribution in [1.82, 2.24) is 15.1 Å². The van der Waals surface area contributed by atoms with Gasteiger partial charge in [-0.25, -0.2) is 0 Å². The Balaban J connectivity index is 2.80. The fraction of sp³-hybridized carbons (Fsp3) is 0.769. The summed E-state index contributed by atoms with van der Waals surface area (Å²) < 4.78 is 2.14. The molecule has 0 spiro atoms. The van der Waals surface area contributed by atoms with E-state index in [0.717, 1.165) is 18.8 Å². The van der Waals surface area contributed by atoms with Crippen LogP contribution in [0.25, 0.3) is 0 Å². The van der Waals surface area contributed by atoms with Crippen molar-refractivity contribution in [3.05, 3.63) is 17.0 Å². The van der Waals surface area contributed by atoms with Gasteiger partial charge in [-0.3, -0.25) is 4.68 Å². The van der Waals surface area contributed by atoms with Crippen LogP contribution in [0.15, 0.2) is 0 Å². The number of aromatic nitrogens is 2. The average Bonchev–Trinajstić information content (AvgIpc) is 2.39. The van der Waals surface area contributed by atoms with Gasteiger partial charge < -0.3 is 5.32 Å². The number of nitrogens with zero attached hydrogens (tertiary/aromatic N) is 2. The molecule has 0 aliphatic rings. The molecular formula is C13H25N3. The van der Waals surface area contributed by atoms with Gasteiger partial charge in [0.15, 0.2) is 0 Å². The van der Waals surface area contributed by atoms with E-state index in [4.69, 9.17) is 0 Å². The predicted octanol–water partition coefficient (Wildman–Crippen LogP) is 2.65. The number of rotatable bonds is 5. The van der Waals surface area contributed by atoms with Crippen molar-refractivity contribution in [2.24, 2.45) is 5.92 Å². The van der Waals surface area contributed by atoms with Crippen LogP contribution in [0.1, 0.15) is 44.6 Å². The summed E-state index contributed by atoms with van der Waals surface area (Å²) in [6.45, 7) is 15.0. The summed E-state index contributed by atoms with van der Waals surface area (Å²) in [4.78, 5) is 0. The molecule has 0 unspecified atom stereocenters. The van der Waals surface area contributed by atoms with Gasteiger partial charge in [0.25, 0.3) is 0 Å². The van der Waals surface area contributed by atoms with E-state index in [1.165, 1.54) is 11.3 Å². The Labute approximate surface area is 99.2 Å². The van der Waals surface area contributed by atoms with Gasteiger partial charge in [-0.15, -0.1) is 0 Å². The van der Waals surface area contributed by atoms with Crippen LogP contribution in [0.3, 0.4) is 0 Å². The van der Waals surface area contributed by atoms with Crippen molar-refractivity contribution in [2.45, 2.75) is 60.7 Å². The van der Waals surface area contributed by atoms with Crippen LogP contribution < -0.4 is 5.32 Å². The third-order valence-electron chi connectivity index (χ3n) is 2.76. The molecule has 1 rings (SSSR count). The van der Waals surface area contributed by atoms with Crippen LogP contribution in [0.5, 0.6) is 0 Å². The van der Waals surface area contributed by atoms with Gasteiger partial charge in [0.2, 0.25) is 0 Å². The lowest BCUT2D eigenvalue weighted by molar-refractivity contribution is 0.472. The van der Waals surface area contributed by atoms with Crippen molar-refractivity contribution in [1.29, 1.82) is 0 Å². The standard InChI is InChI=1S/C13H25N3/c1-9(2)8-16-12(6)13(11(5)15-16)7-14-10(3)4/h9-10,14H,7-8H2,1-6H3. The van der Waals surface area contributed by atoms with Crippen LogP contribution in [-0.4, -0.2) is 15.8 Å². The van der Waals surface area contributed by atoms with Crippen LogP contribution in [-0.2, 0) is 13.1 Å². The van der Waals surface area contributed by atoms with E-state index in [1.54, 1.807) is 0 Å². The molecule has 1 N–H and O–H groups in total. The highest BCUT2D eigenvalue weighted by Gasteiger charge is 2.12. The molecule has 3 nitrogen and oxygen atoms in total. The Morgan fingerprint density at radius 2 is 1.81 bits per heavy atom. The second kappa shape index (κ2) is 5.48. The molecule has 0 bridgehead atoms. The Morgan fingerprint density at radius 1 is 1.19 bits per heavy atom. The molecule has 92 valence electrons. The lowest BCUT2D eigenvalue weighted by Crippen LogP contribution is -2.22. The van der Waals surface area contributed by atoms with Crippen LogP contribution >= 0.6 is 0 Å². The van der Waals surface area contributed by atoms with Gasteiger partial charge in [0.05, 0.1) is 5.69 Å². The molecule has 1 heterocycles. The fourth-order valence-electron chi connectivity index (χ4n) is 1.82. The minimum Gasteiger partial charge on any atom is -0.310 e. The number of nitrogens with one attached hydrogen (secondary N) is 1. The first kappa shape index (κ1) is 13.2. The summed E-state index contributed by atoms with van der Waals surface area (Å²) in [5.41, 5.74) is 3.82. The lowest BCUT2D eigenvalue weighted by Gasteiger charge is -2.10. The zero-order valence-corrected chi connectivity index (χ0v) is 11.5. The van der Waals surface area contributed by atoms with E-state index in [0.29, 0.717) is 12.0 Å². The van der Waals surface area contributed by atoms with Gasteiger partial charge in [-0.1, -0.05) is 27.7 Å². The highest BCUT2D eigenvalue weighted by atomic mass is 15.3. The second-order valence-corrected chi connectivity index (χ2v) is 5.26. The minimum atomic E-state index is 0.521. The van der Waals surface area contributed by atoms with E-state index < -0.39 is 0 Å². The Bertz CT molecular complexity index is 337.